The molecule has 1 amide bonds. The van der Waals surface area contributed by atoms with Gasteiger partial charge in [0.25, 0.3) is 5.56 Å². The van der Waals surface area contributed by atoms with Crippen LogP contribution in [0.2, 0.25) is 0 Å². The number of unbranched alkanes of at least 4 members (excludes halogenated alkanes) is 1. The first-order chi connectivity index (χ1) is 18.2. The third-order valence-corrected chi connectivity index (χ3v) is 5.78. The van der Waals surface area contributed by atoms with Gasteiger partial charge in [-0.05, 0) is 63.9 Å². The van der Waals surface area contributed by atoms with E-state index in [-0.39, 0.29) is 30.4 Å². The molecule has 9 heteroatoms. The van der Waals surface area contributed by atoms with Crippen LogP contribution in [0.25, 0.3) is 22.2 Å². The van der Waals surface area contributed by atoms with Crippen LogP contribution in [0.5, 0.6) is 5.75 Å². The minimum Gasteiger partial charge on any atom is -0.493 e. The maximum atomic E-state index is 13.7. The van der Waals surface area contributed by atoms with E-state index in [2.05, 4.69) is 10.3 Å². The standard InChI is InChI=1S/C29H37N3O6/c1-6-8-16-32-25-22(14-10-15-30-25)23(24(26(32)33)31-28(35)36-7-2)20-12-9-13-21(19-20)37-17-11-18-38-27(34)29(3,4)5/h9-10,12-15,19H,6-8,11,16-18H2,1-5H3,(H,31,35). The first-order valence-corrected chi connectivity index (χ1v) is 13.0. The second kappa shape index (κ2) is 13.1. The van der Waals surface area contributed by atoms with Crippen LogP contribution < -0.4 is 15.6 Å². The molecule has 0 bridgehead atoms. The number of esters is 1. The Morgan fingerprint density at radius 3 is 2.53 bits per heavy atom. The molecule has 1 N–H and O–H groups in total. The number of aryl methyl sites for hydroxylation is 1. The van der Waals surface area contributed by atoms with E-state index in [9.17, 15) is 14.4 Å². The van der Waals surface area contributed by atoms with Gasteiger partial charge in [0, 0.05) is 30.1 Å². The summed E-state index contributed by atoms with van der Waals surface area (Å²) in [5, 5.41) is 3.40. The van der Waals surface area contributed by atoms with Crippen molar-refractivity contribution in [3.8, 4) is 16.9 Å². The predicted molar refractivity (Wildman–Crippen MR) is 148 cm³/mol. The van der Waals surface area contributed by atoms with Gasteiger partial charge >= 0.3 is 12.1 Å². The summed E-state index contributed by atoms with van der Waals surface area (Å²) in [6, 6.07) is 11.0. The maximum absolute atomic E-state index is 13.7. The van der Waals surface area contributed by atoms with E-state index in [1.165, 1.54) is 0 Å². The molecular weight excluding hydrogens is 486 g/mol. The predicted octanol–water partition coefficient (Wildman–Crippen LogP) is 5.79. The molecule has 3 aromatic rings. The molecule has 2 aromatic heterocycles. The third kappa shape index (κ3) is 7.12. The summed E-state index contributed by atoms with van der Waals surface area (Å²) >= 11 is 0. The highest BCUT2D eigenvalue weighted by Gasteiger charge is 2.23. The number of hydrogen-bond acceptors (Lipinski definition) is 7. The van der Waals surface area contributed by atoms with Crippen molar-refractivity contribution < 1.29 is 23.8 Å². The number of carbonyl (C=O) groups is 2. The topological polar surface area (TPSA) is 109 Å². The second-order valence-electron chi connectivity index (χ2n) is 9.90. The fourth-order valence-electron chi connectivity index (χ4n) is 3.86. The van der Waals surface area contributed by atoms with Crippen LogP contribution in [-0.2, 0) is 20.8 Å². The van der Waals surface area contributed by atoms with E-state index >= 15 is 0 Å². The molecule has 38 heavy (non-hydrogen) atoms. The van der Waals surface area contributed by atoms with Crippen molar-refractivity contribution in [3.63, 3.8) is 0 Å². The van der Waals surface area contributed by atoms with Crippen LogP contribution in [0.15, 0.2) is 47.4 Å². The SMILES string of the molecule is CCCCn1c(=O)c(NC(=O)OCC)c(-c2cccc(OCCCOC(=O)C(C)(C)C)c2)c2cccnc21. The second-order valence-corrected chi connectivity index (χ2v) is 9.90. The lowest BCUT2D eigenvalue weighted by Crippen LogP contribution is -2.28. The molecule has 0 atom stereocenters. The van der Waals surface area contributed by atoms with Crippen molar-refractivity contribution >= 4 is 28.8 Å². The zero-order chi connectivity index (χ0) is 27.7. The van der Waals surface area contributed by atoms with E-state index in [1.54, 1.807) is 23.8 Å². The van der Waals surface area contributed by atoms with Gasteiger partial charge in [0.2, 0.25) is 0 Å². The number of aromatic nitrogens is 2. The number of fused-ring (bicyclic) bond motifs is 1. The van der Waals surface area contributed by atoms with Crippen LogP contribution in [0.4, 0.5) is 10.5 Å². The first kappa shape index (κ1) is 28.7. The van der Waals surface area contributed by atoms with E-state index in [1.807, 2.05) is 58.0 Å². The highest BCUT2D eigenvalue weighted by molar-refractivity contribution is 6.03. The molecule has 0 spiro atoms. The number of hydrogen-bond donors (Lipinski definition) is 1. The number of amides is 1. The van der Waals surface area contributed by atoms with Gasteiger partial charge in [-0.15, -0.1) is 0 Å². The number of pyridine rings is 2. The lowest BCUT2D eigenvalue weighted by Gasteiger charge is -2.18. The van der Waals surface area contributed by atoms with Gasteiger partial charge in [-0.1, -0.05) is 25.5 Å². The van der Waals surface area contributed by atoms with Crippen molar-refractivity contribution in [1.29, 1.82) is 0 Å². The molecule has 0 aliphatic rings. The molecule has 0 saturated heterocycles. The number of carbonyl (C=O) groups excluding carboxylic acids is 2. The summed E-state index contributed by atoms with van der Waals surface area (Å²) in [5.41, 5.74) is 1.01. The normalized spacial score (nSPS) is 11.3. The lowest BCUT2D eigenvalue weighted by molar-refractivity contribution is -0.153. The van der Waals surface area contributed by atoms with E-state index in [0.717, 1.165) is 18.2 Å². The third-order valence-electron chi connectivity index (χ3n) is 5.78. The maximum Gasteiger partial charge on any atom is 0.411 e. The van der Waals surface area contributed by atoms with Gasteiger partial charge in [0.15, 0.2) is 0 Å². The molecule has 0 aliphatic carbocycles. The summed E-state index contributed by atoms with van der Waals surface area (Å²) in [4.78, 5) is 42.5. The number of nitrogens with one attached hydrogen (secondary N) is 1. The molecule has 3 rings (SSSR count). The zero-order valence-corrected chi connectivity index (χ0v) is 22.8. The summed E-state index contributed by atoms with van der Waals surface area (Å²) in [6.07, 6.45) is 3.17. The van der Waals surface area contributed by atoms with Gasteiger partial charge in [-0.25, -0.2) is 9.78 Å². The smallest absolute Gasteiger partial charge is 0.411 e. The minimum atomic E-state index is -0.701. The Labute approximate surface area is 223 Å². The lowest BCUT2D eigenvalue weighted by atomic mass is 9.97. The average molecular weight is 524 g/mol. The van der Waals surface area contributed by atoms with Crippen LogP contribution in [0, 0.1) is 5.41 Å². The zero-order valence-electron chi connectivity index (χ0n) is 22.8. The highest BCUT2D eigenvalue weighted by atomic mass is 16.5. The summed E-state index contributed by atoms with van der Waals surface area (Å²) in [5.74, 6) is 0.328. The number of anilines is 1. The quantitative estimate of drug-likeness (QED) is 0.250. The van der Waals surface area contributed by atoms with Crippen molar-refractivity contribution in [2.75, 3.05) is 25.1 Å². The molecule has 0 fully saturated rings. The fraction of sp³-hybridized carbons (Fsp3) is 0.448. The highest BCUT2D eigenvalue weighted by Crippen LogP contribution is 2.34. The Bertz CT molecular complexity index is 1330. The Kier molecular flexibility index (Phi) is 9.87. The molecular formula is C29H37N3O6. The van der Waals surface area contributed by atoms with Crippen LogP contribution >= 0.6 is 0 Å². The van der Waals surface area contributed by atoms with Crippen LogP contribution in [-0.4, -0.2) is 41.4 Å². The van der Waals surface area contributed by atoms with Crippen molar-refractivity contribution in [3.05, 3.63) is 52.9 Å². The van der Waals surface area contributed by atoms with Crippen LogP contribution in [0.3, 0.4) is 0 Å². The van der Waals surface area contributed by atoms with E-state index in [0.29, 0.717) is 42.1 Å². The Hall–Kier alpha value is -3.88. The van der Waals surface area contributed by atoms with E-state index in [4.69, 9.17) is 14.2 Å². The molecule has 204 valence electrons. The number of benzene rings is 1. The number of nitrogens with zero attached hydrogens (tertiary/aromatic N) is 2. The fourth-order valence-corrected chi connectivity index (χ4v) is 3.86. The van der Waals surface area contributed by atoms with Gasteiger partial charge in [-0.2, -0.15) is 0 Å². The average Bonchev–Trinajstić information content (AvgIpc) is 2.88. The molecule has 2 heterocycles. The molecule has 0 radical (unpaired) electrons. The molecule has 0 unspecified atom stereocenters. The minimum absolute atomic E-state index is 0.131. The van der Waals surface area contributed by atoms with Crippen molar-refractivity contribution in [1.82, 2.24) is 9.55 Å². The molecule has 0 aliphatic heterocycles. The van der Waals surface area contributed by atoms with Gasteiger partial charge in [0.1, 0.15) is 17.1 Å². The first-order valence-electron chi connectivity index (χ1n) is 13.0. The van der Waals surface area contributed by atoms with Crippen molar-refractivity contribution in [2.45, 2.75) is 60.4 Å². The van der Waals surface area contributed by atoms with Gasteiger partial charge in [-0.3, -0.25) is 19.5 Å². The monoisotopic (exact) mass is 523 g/mol. The van der Waals surface area contributed by atoms with Crippen LogP contribution in [0.1, 0.15) is 53.9 Å². The Morgan fingerprint density at radius 1 is 1.03 bits per heavy atom. The number of ether oxygens (including phenoxy) is 3. The summed E-state index contributed by atoms with van der Waals surface area (Å²) < 4.78 is 17.9. The molecule has 1 aromatic carbocycles. The van der Waals surface area contributed by atoms with Gasteiger partial charge < -0.3 is 14.2 Å². The largest absolute Gasteiger partial charge is 0.493 e. The molecule has 0 saturated carbocycles. The van der Waals surface area contributed by atoms with E-state index < -0.39 is 11.5 Å². The summed E-state index contributed by atoms with van der Waals surface area (Å²) in [6.45, 7) is 10.4. The summed E-state index contributed by atoms with van der Waals surface area (Å²) in [7, 11) is 0. The van der Waals surface area contributed by atoms with Gasteiger partial charge in [0.05, 0.1) is 25.2 Å². The van der Waals surface area contributed by atoms with Crippen molar-refractivity contribution in [2.24, 2.45) is 5.41 Å². The Morgan fingerprint density at radius 2 is 1.82 bits per heavy atom. The molecule has 9 nitrogen and oxygen atoms in total. The Balaban J connectivity index is 1.96. The number of rotatable bonds is 11.